The minimum Gasteiger partial charge on any atom is -0.444 e. The van der Waals surface area contributed by atoms with Crippen molar-refractivity contribution in [1.29, 1.82) is 0 Å². The maximum Gasteiger partial charge on any atom is 0.408 e. The third-order valence-electron chi connectivity index (χ3n) is 3.00. The molecule has 0 aromatic carbocycles. The Morgan fingerprint density at radius 2 is 1.93 bits per heavy atom. The Morgan fingerprint density at radius 1 is 1.47 bits per heavy atom. The molecule has 0 aromatic rings. The molecule has 1 aliphatic rings. The van der Waals surface area contributed by atoms with E-state index in [9.17, 15) is 4.79 Å². The quantitative estimate of drug-likeness (QED) is 0.734. The van der Waals surface area contributed by atoms with E-state index >= 15 is 0 Å². The summed E-state index contributed by atoms with van der Waals surface area (Å²) in [6.07, 6.45) is 0.536. The van der Waals surface area contributed by atoms with Crippen molar-refractivity contribution in [2.75, 3.05) is 6.54 Å². The predicted molar refractivity (Wildman–Crippen MR) is 59.6 cm³/mol. The molecule has 0 radical (unpaired) electrons. The molecule has 1 amide bonds. The molecule has 0 saturated heterocycles. The first-order valence-corrected chi connectivity index (χ1v) is 5.33. The van der Waals surface area contributed by atoms with Crippen molar-refractivity contribution in [1.82, 2.24) is 5.32 Å². The fourth-order valence-corrected chi connectivity index (χ4v) is 1.82. The van der Waals surface area contributed by atoms with Gasteiger partial charge in [-0.2, -0.15) is 0 Å². The Bertz CT molecular complexity index is 268. The number of ether oxygens (including phenoxy) is 1. The fraction of sp³-hybridized carbons (Fsp3) is 0.909. The fourth-order valence-electron chi connectivity index (χ4n) is 1.82. The highest BCUT2D eigenvalue weighted by molar-refractivity contribution is 5.70. The molecule has 0 spiro atoms. The van der Waals surface area contributed by atoms with Gasteiger partial charge in [-0.25, -0.2) is 4.79 Å². The Morgan fingerprint density at radius 3 is 2.20 bits per heavy atom. The summed E-state index contributed by atoms with van der Waals surface area (Å²) >= 11 is 0. The highest BCUT2D eigenvalue weighted by Gasteiger charge is 2.61. The van der Waals surface area contributed by atoms with Crippen LogP contribution < -0.4 is 11.1 Å². The van der Waals surface area contributed by atoms with Crippen LogP contribution in [0.15, 0.2) is 0 Å². The lowest BCUT2D eigenvalue weighted by Crippen LogP contribution is -2.47. The highest BCUT2D eigenvalue weighted by atomic mass is 16.6. The van der Waals surface area contributed by atoms with Crippen LogP contribution in [0.2, 0.25) is 0 Å². The molecular formula is C11H22N2O2. The number of alkyl carbamates (subject to hydrolysis) is 1. The van der Waals surface area contributed by atoms with Crippen molar-refractivity contribution in [2.45, 2.75) is 52.2 Å². The Labute approximate surface area is 91.5 Å². The van der Waals surface area contributed by atoms with Gasteiger partial charge in [0.15, 0.2) is 0 Å². The second-order valence-electron chi connectivity index (χ2n) is 5.97. The number of carbonyl (C=O) groups excluding carboxylic acids is 1. The number of nitrogens with two attached hydrogens (primary N) is 1. The van der Waals surface area contributed by atoms with Crippen molar-refractivity contribution in [2.24, 2.45) is 11.1 Å². The topological polar surface area (TPSA) is 64.3 Å². The lowest BCUT2D eigenvalue weighted by atomic mass is 10.1. The van der Waals surface area contributed by atoms with Crippen LogP contribution in [0.3, 0.4) is 0 Å². The minimum absolute atomic E-state index is 0.0820. The van der Waals surface area contributed by atoms with Gasteiger partial charge < -0.3 is 15.8 Å². The van der Waals surface area contributed by atoms with Crippen LogP contribution >= 0.6 is 0 Å². The Balaban J connectivity index is 2.53. The summed E-state index contributed by atoms with van der Waals surface area (Å²) in [5.74, 6) is 0. The number of rotatable bonds is 2. The molecule has 1 saturated carbocycles. The van der Waals surface area contributed by atoms with E-state index in [-0.39, 0.29) is 17.0 Å². The molecule has 1 fully saturated rings. The van der Waals surface area contributed by atoms with E-state index in [2.05, 4.69) is 19.2 Å². The van der Waals surface area contributed by atoms with Gasteiger partial charge >= 0.3 is 6.09 Å². The molecule has 1 aliphatic carbocycles. The van der Waals surface area contributed by atoms with Crippen LogP contribution in [0.5, 0.6) is 0 Å². The summed E-state index contributed by atoms with van der Waals surface area (Å²) in [6, 6.07) is 0. The lowest BCUT2D eigenvalue weighted by molar-refractivity contribution is 0.0486. The van der Waals surface area contributed by atoms with Crippen molar-refractivity contribution < 1.29 is 9.53 Å². The van der Waals surface area contributed by atoms with E-state index < -0.39 is 5.60 Å². The van der Waals surface area contributed by atoms with Gasteiger partial charge in [-0.1, -0.05) is 13.8 Å². The molecule has 15 heavy (non-hydrogen) atoms. The van der Waals surface area contributed by atoms with Gasteiger partial charge in [0, 0.05) is 6.54 Å². The summed E-state index contributed by atoms with van der Waals surface area (Å²) in [5, 5.41) is 2.88. The van der Waals surface area contributed by atoms with Gasteiger partial charge in [-0.05, 0) is 32.6 Å². The molecule has 1 atom stereocenters. The van der Waals surface area contributed by atoms with Crippen LogP contribution in [0.4, 0.5) is 4.79 Å². The molecule has 0 aromatic heterocycles. The second kappa shape index (κ2) is 3.37. The van der Waals surface area contributed by atoms with E-state index in [1.54, 1.807) is 0 Å². The molecular weight excluding hydrogens is 192 g/mol. The second-order valence-corrected chi connectivity index (χ2v) is 5.97. The van der Waals surface area contributed by atoms with Crippen molar-refractivity contribution in [3.8, 4) is 0 Å². The number of hydrogen-bond donors (Lipinski definition) is 2. The zero-order chi connectivity index (χ0) is 11.9. The SMILES string of the molecule is CC(C)(C)OC(=O)NC1(CN)CC1(C)C. The molecule has 0 bridgehead atoms. The monoisotopic (exact) mass is 214 g/mol. The number of carbonyl (C=O) groups is 1. The minimum atomic E-state index is -0.459. The van der Waals surface area contributed by atoms with Gasteiger partial charge in [0.2, 0.25) is 0 Å². The first kappa shape index (κ1) is 12.3. The average Bonchev–Trinajstić information content (AvgIpc) is 2.49. The summed E-state index contributed by atoms with van der Waals surface area (Å²) in [4.78, 5) is 11.6. The third kappa shape index (κ3) is 2.62. The normalized spacial score (nSPS) is 28.4. The summed E-state index contributed by atoms with van der Waals surface area (Å²) in [5.41, 5.74) is 5.04. The number of amides is 1. The van der Waals surface area contributed by atoms with Crippen molar-refractivity contribution in [3.05, 3.63) is 0 Å². The lowest BCUT2D eigenvalue weighted by Gasteiger charge is -2.24. The predicted octanol–water partition coefficient (Wildman–Crippen LogP) is 1.64. The summed E-state index contributed by atoms with van der Waals surface area (Å²) in [7, 11) is 0. The van der Waals surface area contributed by atoms with E-state index in [1.165, 1.54) is 0 Å². The molecule has 4 heteroatoms. The molecule has 3 N–H and O–H groups in total. The van der Waals surface area contributed by atoms with Crippen molar-refractivity contribution >= 4 is 6.09 Å². The van der Waals surface area contributed by atoms with Crippen LogP contribution in [-0.2, 0) is 4.74 Å². The summed E-state index contributed by atoms with van der Waals surface area (Å²) < 4.78 is 5.20. The van der Waals surface area contributed by atoms with Gasteiger partial charge in [-0.3, -0.25) is 0 Å². The maximum atomic E-state index is 11.6. The molecule has 0 aliphatic heterocycles. The zero-order valence-electron chi connectivity index (χ0n) is 10.3. The van der Waals surface area contributed by atoms with E-state index in [0.717, 1.165) is 6.42 Å². The van der Waals surface area contributed by atoms with E-state index in [4.69, 9.17) is 10.5 Å². The van der Waals surface area contributed by atoms with Crippen LogP contribution in [-0.4, -0.2) is 23.8 Å². The molecule has 1 rings (SSSR count). The standard InChI is InChI=1S/C11H22N2O2/c1-9(2,3)15-8(14)13-11(7-12)6-10(11,4)5/h6-7,12H2,1-5H3,(H,13,14). The first-order valence-electron chi connectivity index (χ1n) is 5.33. The van der Waals surface area contributed by atoms with Gasteiger partial charge in [0.1, 0.15) is 5.60 Å². The smallest absolute Gasteiger partial charge is 0.408 e. The van der Waals surface area contributed by atoms with Crippen LogP contribution in [0, 0.1) is 5.41 Å². The van der Waals surface area contributed by atoms with E-state index in [1.807, 2.05) is 20.8 Å². The molecule has 88 valence electrons. The average molecular weight is 214 g/mol. The first-order chi connectivity index (χ1) is 6.62. The highest BCUT2D eigenvalue weighted by Crippen LogP contribution is 2.54. The summed E-state index contributed by atoms with van der Waals surface area (Å²) in [6.45, 7) is 10.2. The molecule has 1 unspecified atom stereocenters. The van der Waals surface area contributed by atoms with Crippen LogP contribution in [0.1, 0.15) is 41.0 Å². The van der Waals surface area contributed by atoms with Crippen LogP contribution in [0.25, 0.3) is 0 Å². The number of nitrogens with one attached hydrogen (secondary N) is 1. The van der Waals surface area contributed by atoms with Gasteiger partial charge in [0.05, 0.1) is 5.54 Å². The van der Waals surface area contributed by atoms with Gasteiger partial charge in [0.25, 0.3) is 0 Å². The Kier molecular flexibility index (Phi) is 2.76. The molecule has 0 heterocycles. The molecule has 4 nitrogen and oxygen atoms in total. The van der Waals surface area contributed by atoms with Crippen molar-refractivity contribution in [3.63, 3.8) is 0 Å². The third-order valence-corrected chi connectivity index (χ3v) is 3.00. The maximum absolute atomic E-state index is 11.6. The largest absolute Gasteiger partial charge is 0.444 e. The zero-order valence-corrected chi connectivity index (χ0v) is 10.3. The van der Waals surface area contributed by atoms with E-state index in [0.29, 0.717) is 6.54 Å². The Hall–Kier alpha value is -0.770. The van der Waals surface area contributed by atoms with Gasteiger partial charge in [-0.15, -0.1) is 0 Å². The number of hydrogen-bond acceptors (Lipinski definition) is 3.